The number of aromatic nitrogens is 2. The van der Waals surface area contributed by atoms with Crippen molar-refractivity contribution in [3.8, 4) is 11.3 Å². The van der Waals surface area contributed by atoms with E-state index in [1.165, 1.54) is 0 Å². The molecular weight excluding hydrogens is 389 g/mol. The molecule has 0 bridgehead atoms. The molecule has 0 radical (unpaired) electrons. The van der Waals surface area contributed by atoms with E-state index in [0.29, 0.717) is 16.8 Å². The molecule has 0 atom stereocenters. The molecular formula is C20H16ClF3N4. The van der Waals surface area contributed by atoms with Crippen LogP contribution in [0.3, 0.4) is 0 Å². The van der Waals surface area contributed by atoms with E-state index in [-0.39, 0.29) is 22.1 Å². The number of anilines is 1. The molecule has 1 heterocycles. The van der Waals surface area contributed by atoms with Crippen molar-refractivity contribution in [3.05, 3.63) is 76.8 Å². The Labute approximate surface area is 164 Å². The van der Waals surface area contributed by atoms with Gasteiger partial charge in [0.15, 0.2) is 5.82 Å². The molecule has 2 N–H and O–H groups in total. The average molecular weight is 405 g/mol. The molecule has 4 nitrogen and oxygen atoms in total. The van der Waals surface area contributed by atoms with Crippen molar-refractivity contribution in [2.75, 3.05) is 11.9 Å². The number of nitrogens with one attached hydrogen (secondary N) is 2. The summed E-state index contributed by atoms with van der Waals surface area (Å²) < 4.78 is 37.5. The van der Waals surface area contributed by atoms with Crippen molar-refractivity contribution in [1.29, 1.82) is 5.41 Å². The topological polar surface area (TPSA) is 61.7 Å². The third kappa shape index (κ3) is 4.67. The normalized spacial score (nSPS) is 11.3. The fourth-order valence-electron chi connectivity index (χ4n) is 2.62. The predicted octanol–water partition coefficient (Wildman–Crippen LogP) is 5.58. The van der Waals surface area contributed by atoms with Gasteiger partial charge in [0.25, 0.3) is 0 Å². The molecule has 0 fully saturated rings. The molecule has 0 unspecified atom stereocenters. The maximum Gasteiger partial charge on any atom is 0.390 e. The smallest absolute Gasteiger partial charge is 0.368 e. The fourth-order valence-corrected chi connectivity index (χ4v) is 2.95. The third-order valence-corrected chi connectivity index (χ3v) is 4.34. The number of alkyl halides is 3. The molecule has 3 aromatic rings. The molecule has 0 saturated carbocycles. The summed E-state index contributed by atoms with van der Waals surface area (Å²) in [6.45, 7) is -0.395. The molecule has 0 saturated heterocycles. The Hall–Kier alpha value is -2.93. The molecule has 3 rings (SSSR count). The third-order valence-electron chi connectivity index (χ3n) is 3.97. The van der Waals surface area contributed by atoms with E-state index in [2.05, 4.69) is 15.5 Å². The molecule has 8 heteroatoms. The van der Waals surface area contributed by atoms with Gasteiger partial charge in [0.05, 0.1) is 22.7 Å². The lowest BCUT2D eigenvalue weighted by Gasteiger charge is -2.16. The van der Waals surface area contributed by atoms with E-state index < -0.39 is 19.1 Å². The Bertz CT molecular complexity index is 960. The first-order valence-corrected chi connectivity index (χ1v) is 8.81. The van der Waals surface area contributed by atoms with Gasteiger partial charge in [-0.25, -0.2) is 0 Å². The summed E-state index contributed by atoms with van der Waals surface area (Å²) in [4.78, 5) is 0. The molecule has 0 aliphatic rings. The summed E-state index contributed by atoms with van der Waals surface area (Å²) in [5.41, 5.74) is 1.88. The van der Waals surface area contributed by atoms with Crippen LogP contribution < -0.4 is 5.32 Å². The molecule has 1 aromatic heterocycles. The highest BCUT2D eigenvalue weighted by Crippen LogP contribution is 2.33. The zero-order valence-corrected chi connectivity index (χ0v) is 15.3. The van der Waals surface area contributed by atoms with E-state index in [9.17, 15) is 13.2 Å². The van der Waals surface area contributed by atoms with Crippen molar-refractivity contribution in [2.24, 2.45) is 0 Å². The van der Waals surface area contributed by atoms with Crippen molar-refractivity contribution in [2.45, 2.75) is 12.6 Å². The molecule has 0 amide bonds. The van der Waals surface area contributed by atoms with E-state index >= 15 is 0 Å². The first-order chi connectivity index (χ1) is 13.4. The summed E-state index contributed by atoms with van der Waals surface area (Å²) in [6, 6.07) is 17.8. The summed E-state index contributed by atoms with van der Waals surface area (Å²) in [5.74, 6) is 0.0442. The number of benzene rings is 2. The monoisotopic (exact) mass is 404 g/mol. The van der Waals surface area contributed by atoms with Crippen LogP contribution >= 0.6 is 11.6 Å². The second-order valence-electron chi connectivity index (χ2n) is 5.99. The zero-order valence-electron chi connectivity index (χ0n) is 14.6. The van der Waals surface area contributed by atoms with Crippen molar-refractivity contribution >= 4 is 23.1 Å². The van der Waals surface area contributed by atoms with Gasteiger partial charge in [-0.05, 0) is 0 Å². The van der Waals surface area contributed by atoms with Crippen LogP contribution in [0, 0.1) is 5.41 Å². The Morgan fingerprint density at radius 1 is 0.964 bits per heavy atom. The molecule has 144 valence electrons. The van der Waals surface area contributed by atoms with Gasteiger partial charge in [-0.1, -0.05) is 72.3 Å². The molecule has 28 heavy (non-hydrogen) atoms. The van der Waals surface area contributed by atoms with Gasteiger partial charge in [0, 0.05) is 17.7 Å². The van der Waals surface area contributed by atoms with Gasteiger partial charge in [-0.15, -0.1) is 10.2 Å². The molecule has 0 spiro atoms. The van der Waals surface area contributed by atoms with Gasteiger partial charge in [0.1, 0.15) is 5.69 Å². The first kappa shape index (κ1) is 19.8. The zero-order chi connectivity index (χ0) is 20.1. The van der Waals surface area contributed by atoms with E-state index in [0.717, 1.165) is 0 Å². The Morgan fingerprint density at radius 3 is 2.18 bits per heavy atom. The van der Waals surface area contributed by atoms with Crippen LogP contribution in [0.15, 0.2) is 60.7 Å². The molecule has 2 aromatic carbocycles. The average Bonchev–Trinajstić information content (AvgIpc) is 2.68. The maximum atomic E-state index is 12.5. The predicted molar refractivity (Wildman–Crippen MR) is 104 cm³/mol. The van der Waals surface area contributed by atoms with E-state index in [4.69, 9.17) is 17.0 Å². The van der Waals surface area contributed by atoms with Gasteiger partial charge in [0.2, 0.25) is 0 Å². The van der Waals surface area contributed by atoms with Crippen LogP contribution in [-0.4, -0.2) is 28.6 Å². The number of halogens is 4. The Kier molecular flexibility index (Phi) is 5.94. The van der Waals surface area contributed by atoms with Gasteiger partial charge < -0.3 is 5.32 Å². The highest BCUT2D eigenvalue weighted by Gasteiger charge is 2.27. The fraction of sp³-hybridized carbons (Fsp3) is 0.150. The first-order valence-electron chi connectivity index (χ1n) is 8.43. The molecule has 0 aliphatic carbocycles. The lowest BCUT2D eigenvalue weighted by molar-refractivity contribution is -0.131. The minimum absolute atomic E-state index is 0.0442. The minimum Gasteiger partial charge on any atom is -0.368 e. The second-order valence-corrected chi connectivity index (χ2v) is 6.36. The summed E-state index contributed by atoms with van der Waals surface area (Å²) >= 11 is 6.56. The lowest BCUT2D eigenvalue weighted by atomic mass is 10.0. The van der Waals surface area contributed by atoms with Crippen LogP contribution in [-0.2, 0) is 0 Å². The van der Waals surface area contributed by atoms with Crippen molar-refractivity contribution < 1.29 is 13.2 Å². The van der Waals surface area contributed by atoms with Crippen LogP contribution in [0.4, 0.5) is 19.0 Å². The lowest BCUT2D eigenvalue weighted by Crippen LogP contribution is -2.18. The van der Waals surface area contributed by atoms with Gasteiger partial charge in [-0.2, -0.15) is 13.2 Å². The van der Waals surface area contributed by atoms with Crippen LogP contribution in [0.2, 0.25) is 5.02 Å². The standard InChI is InChI=1S/C20H16ClF3N4/c21-16-15(17(25)13-7-3-1-4-8-13)19(26-12-11-20(22,23)24)28-27-18(16)14-9-5-2-6-10-14/h1-10,25H,11-12H2,(H,26,28). The molecule has 0 aliphatic heterocycles. The summed E-state index contributed by atoms with van der Waals surface area (Å²) in [7, 11) is 0. The van der Waals surface area contributed by atoms with Crippen molar-refractivity contribution in [1.82, 2.24) is 10.2 Å². The minimum atomic E-state index is -4.30. The Morgan fingerprint density at radius 2 is 1.57 bits per heavy atom. The van der Waals surface area contributed by atoms with Gasteiger partial charge >= 0.3 is 6.18 Å². The Balaban J connectivity index is 2.04. The largest absolute Gasteiger partial charge is 0.390 e. The number of rotatable bonds is 6. The maximum absolute atomic E-state index is 12.5. The number of hydrogen-bond donors (Lipinski definition) is 2. The van der Waals surface area contributed by atoms with Crippen LogP contribution in [0.25, 0.3) is 11.3 Å². The summed E-state index contributed by atoms with van der Waals surface area (Å²) in [5, 5.41) is 19.4. The van der Waals surface area contributed by atoms with Crippen LogP contribution in [0.1, 0.15) is 17.5 Å². The highest BCUT2D eigenvalue weighted by molar-refractivity contribution is 6.38. The van der Waals surface area contributed by atoms with Crippen molar-refractivity contribution in [3.63, 3.8) is 0 Å². The summed E-state index contributed by atoms with van der Waals surface area (Å²) in [6.07, 6.45) is -5.34. The van der Waals surface area contributed by atoms with Gasteiger partial charge in [-0.3, -0.25) is 5.41 Å². The van der Waals surface area contributed by atoms with E-state index in [1.807, 2.05) is 18.2 Å². The number of nitrogens with zero attached hydrogens (tertiary/aromatic N) is 2. The number of hydrogen-bond acceptors (Lipinski definition) is 4. The second kappa shape index (κ2) is 8.39. The quantitative estimate of drug-likeness (QED) is 0.527. The SMILES string of the molecule is N=C(c1ccccc1)c1c(NCCC(F)(F)F)nnc(-c2ccccc2)c1Cl. The van der Waals surface area contributed by atoms with E-state index in [1.54, 1.807) is 42.5 Å². The van der Waals surface area contributed by atoms with Crippen LogP contribution in [0.5, 0.6) is 0 Å². The highest BCUT2D eigenvalue weighted by atomic mass is 35.5.